The van der Waals surface area contributed by atoms with Gasteiger partial charge < -0.3 is 10.2 Å². The summed E-state index contributed by atoms with van der Waals surface area (Å²) in [6, 6.07) is 98.8. The van der Waals surface area contributed by atoms with Gasteiger partial charge in [-0.05, 0) is 143 Å². The van der Waals surface area contributed by atoms with Crippen LogP contribution in [0.4, 0.5) is 28.4 Å². The van der Waals surface area contributed by atoms with E-state index in [1.165, 1.54) is 65.7 Å². The Morgan fingerprint density at radius 2 is 0.750 bits per heavy atom. The highest BCUT2D eigenvalue weighted by molar-refractivity contribution is 6.22. The molecule has 0 aliphatic carbocycles. The van der Waals surface area contributed by atoms with Crippen LogP contribution in [0, 0.1) is 0 Å². The van der Waals surface area contributed by atoms with Gasteiger partial charge in [0.15, 0.2) is 0 Å². The molecule has 1 N–H and O–H groups in total. The zero-order chi connectivity index (χ0) is 45.2. The molecule has 0 aliphatic rings. The second kappa shape index (κ2) is 17.8. The molecule has 12 aromatic carbocycles. The predicted octanol–water partition coefficient (Wildman–Crippen LogP) is 18.7. The molecule has 12 aromatic rings. The lowest BCUT2D eigenvalue weighted by Gasteiger charge is -2.27. The maximum Gasteiger partial charge on any atom is 0.0469 e. The molecule has 0 atom stereocenters. The Morgan fingerprint density at radius 3 is 1.46 bits per heavy atom. The van der Waals surface area contributed by atoms with Crippen molar-refractivity contribution in [3.63, 3.8) is 0 Å². The number of nitrogens with one attached hydrogen (secondary N) is 1. The molecule has 2 heteroatoms. The quantitative estimate of drug-likeness (QED) is 0.138. The maximum absolute atomic E-state index is 3.80. The van der Waals surface area contributed by atoms with Crippen LogP contribution < -0.4 is 10.2 Å². The molecule has 12 rings (SSSR count). The Hall–Kier alpha value is -8.98. The fraction of sp³-hybridized carbons (Fsp3) is 0. The van der Waals surface area contributed by atoms with Gasteiger partial charge in [-0.3, -0.25) is 0 Å². The van der Waals surface area contributed by atoms with E-state index in [0.717, 1.165) is 50.7 Å². The third-order valence-corrected chi connectivity index (χ3v) is 13.2. The Morgan fingerprint density at radius 1 is 0.250 bits per heavy atom. The number of benzene rings is 12. The number of fused-ring (bicyclic) bond motifs is 4. The van der Waals surface area contributed by atoms with Crippen LogP contribution in [-0.4, -0.2) is 0 Å². The molecule has 0 bridgehead atoms. The van der Waals surface area contributed by atoms with Gasteiger partial charge in [-0.15, -0.1) is 0 Å². The Kier molecular flexibility index (Phi) is 10.6. The lowest BCUT2D eigenvalue weighted by atomic mass is 9.84. The summed E-state index contributed by atoms with van der Waals surface area (Å²) in [5.41, 5.74) is 17.1. The largest absolute Gasteiger partial charge is 0.355 e. The van der Waals surface area contributed by atoms with Crippen molar-refractivity contribution in [2.75, 3.05) is 10.2 Å². The summed E-state index contributed by atoms with van der Waals surface area (Å²) in [5, 5.41) is 11.2. The summed E-state index contributed by atoms with van der Waals surface area (Å²) in [5.74, 6) is 0. The van der Waals surface area contributed by atoms with Crippen molar-refractivity contribution in [3.8, 4) is 55.6 Å². The van der Waals surface area contributed by atoms with E-state index >= 15 is 0 Å². The molecule has 0 spiro atoms. The van der Waals surface area contributed by atoms with Crippen LogP contribution in [-0.2, 0) is 0 Å². The molecule has 2 nitrogen and oxygen atoms in total. The van der Waals surface area contributed by atoms with Crippen LogP contribution in [0.15, 0.2) is 273 Å². The molecule has 320 valence electrons. The molecule has 0 fully saturated rings. The van der Waals surface area contributed by atoms with Crippen molar-refractivity contribution in [1.29, 1.82) is 0 Å². The molecular weight excluding hydrogens is 821 g/mol. The smallest absolute Gasteiger partial charge is 0.0469 e. The van der Waals surface area contributed by atoms with Gasteiger partial charge in [0.05, 0.1) is 0 Å². The molecule has 68 heavy (non-hydrogen) atoms. The minimum atomic E-state index is 1.04. The third-order valence-electron chi connectivity index (χ3n) is 13.2. The monoisotopic (exact) mass is 866 g/mol. The summed E-state index contributed by atoms with van der Waals surface area (Å²) in [6.45, 7) is 0. The summed E-state index contributed by atoms with van der Waals surface area (Å²) < 4.78 is 0. The van der Waals surface area contributed by atoms with Gasteiger partial charge in [0.1, 0.15) is 0 Å². The first-order valence-electron chi connectivity index (χ1n) is 23.3. The maximum atomic E-state index is 3.80. The van der Waals surface area contributed by atoms with E-state index in [9.17, 15) is 0 Å². The first-order chi connectivity index (χ1) is 33.7. The van der Waals surface area contributed by atoms with Crippen molar-refractivity contribution >= 4 is 60.8 Å². The zero-order valence-electron chi connectivity index (χ0n) is 37.4. The SMILES string of the molecule is c1ccc(-c2ccc(N(c3cccc(-c4ccc5c(c4)c(-c4ccccc4)c(-c4ccccc4)c4ccccc45)c3)c3ccc(Nc4ccc5ccccc5c4)c(-c4ccccc4)c3)cc2)cc1. The third kappa shape index (κ3) is 7.74. The van der Waals surface area contributed by atoms with Crippen LogP contribution in [0.2, 0.25) is 0 Å². The fourth-order valence-electron chi connectivity index (χ4n) is 9.94. The van der Waals surface area contributed by atoms with E-state index in [-0.39, 0.29) is 0 Å². The molecule has 0 amide bonds. The fourth-order valence-corrected chi connectivity index (χ4v) is 9.94. The average molecular weight is 867 g/mol. The molecule has 0 unspecified atom stereocenters. The minimum Gasteiger partial charge on any atom is -0.355 e. The molecule has 0 heterocycles. The summed E-state index contributed by atoms with van der Waals surface area (Å²) in [7, 11) is 0. The number of rotatable bonds is 10. The number of hydrogen-bond acceptors (Lipinski definition) is 2. The molecular formula is C66H46N2. The molecule has 0 aromatic heterocycles. The van der Waals surface area contributed by atoms with E-state index < -0.39 is 0 Å². The van der Waals surface area contributed by atoms with Crippen molar-refractivity contribution in [1.82, 2.24) is 0 Å². The highest BCUT2D eigenvalue weighted by Gasteiger charge is 2.20. The average Bonchev–Trinajstić information content (AvgIpc) is 3.42. The Bertz CT molecular complexity index is 3730. The minimum absolute atomic E-state index is 1.04. The number of anilines is 5. The van der Waals surface area contributed by atoms with Crippen molar-refractivity contribution < 1.29 is 0 Å². The Labute approximate surface area is 397 Å². The zero-order valence-corrected chi connectivity index (χ0v) is 37.4. The van der Waals surface area contributed by atoms with Gasteiger partial charge in [-0.1, -0.05) is 212 Å². The lowest BCUT2D eigenvalue weighted by molar-refractivity contribution is 1.28. The van der Waals surface area contributed by atoms with E-state index in [4.69, 9.17) is 0 Å². The van der Waals surface area contributed by atoms with Gasteiger partial charge in [0, 0.05) is 34.0 Å². The number of nitrogens with zero attached hydrogens (tertiary/aromatic N) is 1. The first kappa shape index (κ1) is 40.5. The van der Waals surface area contributed by atoms with E-state index in [1.807, 2.05) is 0 Å². The van der Waals surface area contributed by atoms with Gasteiger partial charge in [0.25, 0.3) is 0 Å². The van der Waals surface area contributed by atoms with Crippen LogP contribution in [0.1, 0.15) is 0 Å². The first-order valence-corrected chi connectivity index (χ1v) is 23.3. The lowest BCUT2D eigenvalue weighted by Crippen LogP contribution is -2.10. The molecule has 0 saturated carbocycles. The van der Waals surface area contributed by atoms with Crippen LogP contribution >= 0.6 is 0 Å². The molecule has 0 saturated heterocycles. The van der Waals surface area contributed by atoms with Gasteiger partial charge >= 0.3 is 0 Å². The van der Waals surface area contributed by atoms with Gasteiger partial charge in [-0.25, -0.2) is 0 Å². The van der Waals surface area contributed by atoms with E-state index in [0.29, 0.717) is 0 Å². The topological polar surface area (TPSA) is 15.3 Å². The van der Waals surface area contributed by atoms with Gasteiger partial charge in [0.2, 0.25) is 0 Å². The second-order valence-corrected chi connectivity index (χ2v) is 17.4. The Balaban J connectivity index is 1.02. The van der Waals surface area contributed by atoms with Crippen molar-refractivity contribution in [2.45, 2.75) is 0 Å². The normalized spacial score (nSPS) is 11.2. The van der Waals surface area contributed by atoms with Gasteiger partial charge in [-0.2, -0.15) is 0 Å². The molecule has 0 radical (unpaired) electrons. The van der Waals surface area contributed by atoms with Crippen LogP contribution in [0.25, 0.3) is 88.0 Å². The second-order valence-electron chi connectivity index (χ2n) is 17.4. The standard InChI is InChI=1S/C66H46N2/c1-5-18-46(19-6-1)48-33-37-56(38-34-48)68(58-39-41-64(62(45-58)49-21-7-2-8-22-49)67-55-36-32-47-20-13-14-27-52(47)42-55)57-29-17-28-53(43-57)54-35-40-60-59-30-15-16-31-61(59)65(50-23-9-3-10-24-50)66(63(60)44-54)51-25-11-4-12-26-51/h1-45,67H. The van der Waals surface area contributed by atoms with E-state index in [1.54, 1.807) is 0 Å². The van der Waals surface area contributed by atoms with E-state index in [2.05, 4.69) is 283 Å². The summed E-state index contributed by atoms with van der Waals surface area (Å²) >= 11 is 0. The number of hydrogen-bond donors (Lipinski definition) is 1. The van der Waals surface area contributed by atoms with Crippen LogP contribution in [0.5, 0.6) is 0 Å². The van der Waals surface area contributed by atoms with Crippen molar-refractivity contribution in [2.24, 2.45) is 0 Å². The summed E-state index contributed by atoms with van der Waals surface area (Å²) in [6.07, 6.45) is 0. The summed E-state index contributed by atoms with van der Waals surface area (Å²) in [4.78, 5) is 2.39. The van der Waals surface area contributed by atoms with Crippen LogP contribution in [0.3, 0.4) is 0 Å². The van der Waals surface area contributed by atoms with Crippen molar-refractivity contribution in [3.05, 3.63) is 273 Å². The predicted molar refractivity (Wildman–Crippen MR) is 291 cm³/mol. The highest BCUT2D eigenvalue weighted by atomic mass is 15.1. The highest BCUT2D eigenvalue weighted by Crippen LogP contribution is 2.47. The molecule has 0 aliphatic heterocycles.